The van der Waals surface area contributed by atoms with Crippen molar-refractivity contribution in [3.05, 3.63) is 58.1 Å². The number of benzene rings is 2. The monoisotopic (exact) mass is 393 g/mol. The van der Waals surface area contributed by atoms with Crippen molar-refractivity contribution in [1.82, 2.24) is 5.43 Å². The minimum Gasteiger partial charge on any atom is -0.493 e. The van der Waals surface area contributed by atoms with E-state index in [2.05, 4.69) is 38.7 Å². The SMILES string of the molecule is COc1ccc(C=NNC(N)=S)cc1OCc1ccc(Br)cc1. The fourth-order valence-electron chi connectivity index (χ4n) is 1.80. The van der Waals surface area contributed by atoms with Crippen LogP contribution in [0.15, 0.2) is 52.0 Å². The molecule has 3 N–H and O–H groups in total. The summed E-state index contributed by atoms with van der Waals surface area (Å²) in [5.74, 6) is 1.29. The summed E-state index contributed by atoms with van der Waals surface area (Å²) in [5, 5.41) is 4.04. The van der Waals surface area contributed by atoms with E-state index in [1.165, 1.54) is 0 Å². The molecule has 2 aromatic carbocycles. The zero-order valence-electron chi connectivity index (χ0n) is 12.5. The maximum absolute atomic E-state index is 5.85. The van der Waals surface area contributed by atoms with Crippen LogP contribution in [-0.4, -0.2) is 18.4 Å². The Bertz CT molecular complexity index is 705. The predicted molar refractivity (Wildman–Crippen MR) is 99.0 cm³/mol. The number of thiocarbonyl (C=S) groups is 1. The van der Waals surface area contributed by atoms with Crippen molar-refractivity contribution in [2.45, 2.75) is 6.61 Å². The number of halogens is 1. The number of hydrogen-bond acceptors (Lipinski definition) is 4. The lowest BCUT2D eigenvalue weighted by Gasteiger charge is -2.11. The Morgan fingerprint density at radius 2 is 2.00 bits per heavy atom. The molecule has 0 unspecified atom stereocenters. The molecule has 120 valence electrons. The molecule has 0 radical (unpaired) electrons. The first-order chi connectivity index (χ1) is 11.1. The first kappa shape index (κ1) is 17.2. The van der Waals surface area contributed by atoms with Crippen LogP contribution in [0.2, 0.25) is 0 Å². The Morgan fingerprint density at radius 3 is 2.65 bits per heavy atom. The van der Waals surface area contributed by atoms with Crippen molar-refractivity contribution >= 4 is 39.5 Å². The third-order valence-corrected chi connectivity index (χ3v) is 3.50. The summed E-state index contributed by atoms with van der Waals surface area (Å²) < 4.78 is 12.2. The Morgan fingerprint density at radius 1 is 1.26 bits per heavy atom. The predicted octanol–water partition coefficient (Wildman–Crippen LogP) is 3.20. The van der Waals surface area contributed by atoms with Crippen LogP contribution < -0.4 is 20.6 Å². The zero-order chi connectivity index (χ0) is 16.7. The molecule has 0 saturated heterocycles. The Kier molecular flexibility index (Phi) is 6.37. The van der Waals surface area contributed by atoms with Gasteiger partial charge in [0.15, 0.2) is 16.6 Å². The van der Waals surface area contributed by atoms with Gasteiger partial charge in [0.05, 0.1) is 13.3 Å². The third kappa shape index (κ3) is 5.54. The van der Waals surface area contributed by atoms with Crippen molar-refractivity contribution in [2.75, 3.05) is 7.11 Å². The molecule has 0 atom stereocenters. The molecule has 0 aliphatic carbocycles. The third-order valence-electron chi connectivity index (χ3n) is 2.88. The smallest absolute Gasteiger partial charge is 0.184 e. The summed E-state index contributed by atoms with van der Waals surface area (Å²) in [6, 6.07) is 13.4. The number of nitrogens with zero attached hydrogens (tertiary/aromatic N) is 1. The van der Waals surface area contributed by atoms with Crippen molar-refractivity contribution in [1.29, 1.82) is 0 Å². The van der Waals surface area contributed by atoms with Gasteiger partial charge in [-0.25, -0.2) is 0 Å². The summed E-state index contributed by atoms with van der Waals surface area (Å²) in [7, 11) is 1.60. The van der Waals surface area contributed by atoms with Crippen molar-refractivity contribution < 1.29 is 9.47 Å². The molecule has 0 spiro atoms. The molecule has 2 rings (SSSR count). The van der Waals surface area contributed by atoms with Crippen LogP contribution in [0, 0.1) is 0 Å². The minimum absolute atomic E-state index is 0.112. The van der Waals surface area contributed by atoms with Gasteiger partial charge in [-0.2, -0.15) is 5.10 Å². The van der Waals surface area contributed by atoms with Gasteiger partial charge in [-0.15, -0.1) is 0 Å². The lowest BCUT2D eigenvalue weighted by atomic mass is 10.2. The van der Waals surface area contributed by atoms with E-state index in [-0.39, 0.29) is 5.11 Å². The van der Waals surface area contributed by atoms with Gasteiger partial charge in [-0.3, -0.25) is 5.43 Å². The maximum Gasteiger partial charge on any atom is 0.184 e. The molecule has 0 saturated carbocycles. The van der Waals surface area contributed by atoms with Gasteiger partial charge in [-0.05, 0) is 53.7 Å². The van der Waals surface area contributed by atoms with E-state index in [4.69, 9.17) is 15.2 Å². The molecular weight excluding hydrogens is 378 g/mol. The van der Waals surface area contributed by atoms with E-state index in [0.29, 0.717) is 18.1 Å². The van der Waals surface area contributed by atoms with Gasteiger partial charge in [0.1, 0.15) is 6.61 Å². The molecule has 0 amide bonds. The highest BCUT2D eigenvalue weighted by molar-refractivity contribution is 9.10. The fourth-order valence-corrected chi connectivity index (χ4v) is 2.12. The number of nitrogens with two attached hydrogens (primary N) is 1. The molecule has 0 aliphatic heterocycles. The molecule has 2 aromatic rings. The number of methoxy groups -OCH3 is 1. The van der Waals surface area contributed by atoms with Crippen molar-refractivity contribution in [3.8, 4) is 11.5 Å². The number of hydrogen-bond donors (Lipinski definition) is 2. The number of rotatable bonds is 6. The highest BCUT2D eigenvalue weighted by Gasteiger charge is 2.06. The van der Waals surface area contributed by atoms with E-state index in [0.717, 1.165) is 15.6 Å². The summed E-state index contributed by atoms with van der Waals surface area (Å²) in [4.78, 5) is 0. The van der Waals surface area contributed by atoms with Crippen LogP contribution in [0.3, 0.4) is 0 Å². The van der Waals surface area contributed by atoms with Gasteiger partial charge in [-0.1, -0.05) is 28.1 Å². The van der Waals surface area contributed by atoms with Crippen LogP contribution in [0.5, 0.6) is 11.5 Å². The summed E-state index contributed by atoms with van der Waals surface area (Å²) in [5.41, 5.74) is 9.71. The summed E-state index contributed by atoms with van der Waals surface area (Å²) in [6.07, 6.45) is 1.60. The molecule has 7 heteroatoms. The second-order valence-corrected chi connectivity index (χ2v) is 5.92. The van der Waals surface area contributed by atoms with E-state index in [9.17, 15) is 0 Å². The average Bonchev–Trinajstić information content (AvgIpc) is 2.54. The van der Waals surface area contributed by atoms with E-state index in [1.54, 1.807) is 13.3 Å². The lowest BCUT2D eigenvalue weighted by molar-refractivity contribution is 0.284. The second-order valence-electron chi connectivity index (χ2n) is 4.56. The molecule has 5 nitrogen and oxygen atoms in total. The first-order valence-corrected chi connectivity index (χ1v) is 7.92. The highest BCUT2D eigenvalue weighted by Crippen LogP contribution is 2.28. The Balaban J connectivity index is 2.10. The fraction of sp³-hybridized carbons (Fsp3) is 0.125. The number of hydrazone groups is 1. The van der Waals surface area contributed by atoms with Gasteiger partial charge < -0.3 is 15.2 Å². The van der Waals surface area contributed by atoms with Crippen LogP contribution in [-0.2, 0) is 6.61 Å². The van der Waals surface area contributed by atoms with Crippen LogP contribution in [0.1, 0.15) is 11.1 Å². The zero-order valence-corrected chi connectivity index (χ0v) is 14.9. The van der Waals surface area contributed by atoms with Crippen molar-refractivity contribution in [3.63, 3.8) is 0 Å². The van der Waals surface area contributed by atoms with E-state index >= 15 is 0 Å². The summed E-state index contributed by atoms with van der Waals surface area (Å²) >= 11 is 8.09. The molecule has 0 aliphatic rings. The van der Waals surface area contributed by atoms with Crippen LogP contribution >= 0.6 is 28.1 Å². The van der Waals surface area contributed by atoms with E-state index < -0.39 is 0 Å². The van der Waals surface area contributed by atoms with Crippen LogP contribution in [0.25, 0.3) is 0 Å². The average molecular weight is 394 g/mol. The quantitative estimate of drug-likeness (QED) is 0.448. The van der Waals surface area contributed by atoms with E-state index in [1.807, 2.05) is 42.5 Å². The normalized spacial score (nSPS) is 10.5. The minimum atomic E-state index is 0.112. The van der Waals surface area contributed by atoms with Gasteiger partial charge in [0.2, 0.25) is 0 Å². The lowest BCUT2D eigenvalue weighted by Crippen LogP contribution is -2.23. The Hall–Kier alpha value is -2.12. The highest BCUT2D eigenvalue weighted by atomic mass is 79.9. The summed E-state index contributed by atoms with van der Waals surface area (Å²) in [6.45, 7) is 0.440. The van der Waals surface area contributed by atoms with Crippen LogP contribution in [0.4, 0.5) is 0 Å². The van der Waals surface area contributed by atoms with Gasteiger partial charge in [0, 0.05) is 4.47 Å². The molecule has 0 bridgehead atoms. The maximum atomic E-state index is 5.85. The number of nitrogens with one attached hydrogen (secondary N) is 1. The molecule has 0 heterocycles. The molecule has 23 heavy (non-hydrogen) atoms. The number of ether oxygens (including phenoxy) is 2. The Labute approximate surface area is 148 Å². The molecule has 0 aromatic heterocycles. The molecular formula is C16H16BrN3O2S. The first-order valence-electron chi connectivity index (χ1n) is 6.72. The largest absolute Gasteiger partial charge is 0.493 e. The van der Waals surface area contributed by atoms with Gasteiger partial charge >= 0.3 is 0 Å². The molecule has 0 fully saturated rings. The topological polar surface area (TPSA) is 68.9 Å². The van der Waals surface area contributed by atoms with Crippen molar-refractivity contribution in [2.24, 2.45) is 10.8 Å². The second kappa shape index (κ2) is 8.50. The van der Waals surface area contributed by atoms with Gasteiger partial charge in [0.25, 0.3) is 0 Å². The standard InChI is InChI=1S/C16H16BrN3O2S/c1-21-14-7-4-12(9-19-20-16(18)23)8-15(14)22-10-11-2-5-13(17)6-3-11/h2-9H,10H2,1H3,(H3,18,20,23).